The Kier molecular flexibility index (Phi) is 7.58. The number of ketones is 1. The summed E-state index contributed by atoms with van der Waals surface area (Å²) in [5.74, 6) is -0.641. The van der Waals surface area contributed by atoms with E-state index < -0.39 is 22.9 Å². The lowest BCUT2D eigenvalue weighted by Crippen LogP contribution is -2.51. The van der Waals surface area contributed by atoms with E-state index in [1.165, 1.54) is 6.07 Å². The maximum atomic E-state index is 16.5. The number of fused-ring (bicyclic) bond motifs is 1. The molecule has 0 spiro atoms. The number of hydrogen-bond acceptors (Lipinski definition) is 8. The molecule has 1 saturated carbocycles. The van der Waals surface area contributed by atoms with Gasteiger partial charge in [0.25, 0.3) is 5.91 Å². The van der Waals surface area contributed by atoms with Crippen LogP contribution in [0.2, 0.25) is 0 Å². The third-order valence-electron chi connectivity index (χ3n) is 10.9. The second kappa shape index (κ2) is 11.8. The first-order valence-electron chi connectivity index (χ1n) is 17.2. The molecule has 2 aromatic carbocycles. The summed E-state index contributed by atoms with van der Waals surface area (Å²) in [5, 5.41) is 8.43. The molecular formula is C38H43FN6O3. The van der Waals surface area contributed by atoms with Crippen LogP contribution in [0.5, 0.6) is 5.75 Å². The topological polar surface area (TPSA) is 99.7 Å². The van der Waals surface area contributed by atoms with Crippen molar-refractivity contribution in [1.29, 1.82) is 0 Å². The second-order valence-electron chi connectivity index (χ2n) is 13.8. The van der Waals surface area contributed by atoms with E-state index in [2.05, 4.69) is 61.6 Å². The van der Waals surface area contributed by atoms with Crippen LogP contribution in [0.15, 0.2) is 60.7 Å². The third-order valence-corrected chi connectivity index (χ3v) is 10.9. The van der Waals surface area contributed by atoms with Crippen LogP contribution in [-0.2, 0) is 16.0 Å². The number of nitrogens with zero attached hydrogens (tertiary/aromatic N) is 4. The van der Waals surface area contributed by atoms with E-state index in [4.69, 9.17) is 4.74 Å². The fraction of sp³-hybridized carbons (Fsp3) is 0.421. The molecule has 5 aliphatic rings. The number of halogens is 1. The van der Waals surface area contributed by atoms with Crippen LogP contribution in [0.25, 0.3) is 12.2 Å². The highest BCUT2D eigenvalue weighted by Crippen LogP contribution is 2.67. The van der Waals surface area contributed by atoms with Gasteiger partial charge in [-0.05, 0) is 67.0 Å². The molecule has 2 N–H and O–H groups in total. The Morgan fingerprint density at radius 1 is 1.19 bits per heavy atom. The van der Waals surface area contributed by atoms with Crippen LogP contribution in [-0.4, -0.2) is 65.5 Å². The van der Waals surface area contributed by atoms with Crippen molar-refractivity contribution in [2.75, 3.05) is 36.5 Å². The molecule has 1 saturated heterocycles. The normalized spacial score (nSPS) is 25.4. The van der Waals surface area contributed by atoms with E-state index in [-0.39, 0.29) is 31.2 Å². The summed E-state index contributed by atoms with van der Waals surface area (Å²) in [4.78, 5) is 40.6. The van der Waals surface area contributed by atoms with E-state index in [9.17, 15) is 9.59 Å². The Bertz CT molecular complexity index is 1960. The molecule has 4 unspecified atom stereocenters. The molecule has 4 heterocycles. The number of hydrogen-bond donors (Lipinski definition) is 2. The van der Waals surface area contributed by atoms with E-state index in [0.29, 0.717) is 48.7 Å². The fourth-order valence-electron chi connectivity index (χ4n) is 8.34. The molecule has 3 aromatic rings. The Morgan fingerprint density at radius 2 is 2.02 bits per heavy atom. The Hall–Kier alpha value is -4.57. The van der Waals surface area contributed by atoms with Crippen LogP contribution in [0.1, 0.15) is 64.1 Å². The lowest BCUT2D eigenvalue weighted by atomic mass is 9.92. The van der Waals surface area contributed by atoms with Gasteiger partial charge in [-0.15, -0.1) is 0 Å². The summed E-state index contributed by atoms with van der Waals surface area (Å²) in [6.45, 7) is 3.81. The summed E-state index contributed by atoms with van der Waals surface area (Å²) in [5.41, 5.74) is 1.13. The number of carbonyl (C=O) groups excluding carboxylic acids is 2. The van der Waals surface area contributed by atoms with Crippen molar-refractivity contribution >= 4 is 35.2 Å². The summed E-state index contributed by atoms with van der Waals surface area (Å²) in [7, 11) is 1.93. The largest absolute Gasteiger partial charge is 0.476 e. The number of amides is 1. The molecule has 10 heteroatoms. The highest BCUT2D eigenvalue weighted by atomic mass is 19.1. The van der Waals surface area contributed by atoms with Gasteiger partial charge in [0.2, 0.25) is 0 Å². The van der Waals surface area contributed by atoms with E-state index in [1.807, 2.05) is 19.2 Å². The van der Waals surface area contributed by atoms with Crippen LogP contribution in [0.4, 0.5) is 15.8 Å². The molecule has 4 atom stereocenters. The van der Waals surface area contributed by atoms with Gasteiger partial charge in [-0.3, -0.25) is 19.6 Å². The molecule has 9 nitrogen and oxygen atoms in total. The molecule has 2 aliphatic carbocycles. The zero-order chi connectivity index (χ0) is 33.0. The molecule has 8 rings (SSSR count). The minimum Gasteiger partial charge on any atom is -0.476 e. The lowest BCUT2D eigenvalue weighted by molar-refractivity contribution is -0.122. The average molecular weight is 651 g/mol. The maximum Gasteiger partial charge on any atom is 0.256 e. The molecule has 250 valence electrons. The second-order valence-corrected chi connectivity index (χ2v) is 13.8. The van der Waals surface area contributed by atoms with E-state index in [1.54, 1.807) is 24.8 Å². The molecule has 48 heavy (non-hydrogen) atoms. The summed E-state index contributed by atoms with van der Waals surface area (Å²) in [6, 6.07) is 9.91. The highest BCUT2D eigenvalue weighted by molar-refractivity contribution is 6.21. The van der Waals surface area contributed by atoms with Crippen LogP contribution in [0, 0.1) is 5.82 Å². The van der Waals surface area contributed by atoms with Crippen molar-refractivity contribution in [3.63, 3.8) is 0 Å². The van der Waals surface area contributed by atoms with Gasteiger partial charge in [-0.1, -0.05) is 37.6 Å². The van der Waals surface area contributed by atoms with Crippen LogP contribution in [0.3, 0.4) is 0 Å². The van der Waals surface area contributed by atoms with E-state index >= 15 is 4.39 Å². The van der Waals surface area contributed by atoms with Crippen molar-refractivity contribution in [2.24, 2.45) is 0 Å². The smallest absolute Gasteiger partial charge is 0.256 e. The van der Waals surface area contributed by atoms with Crippen molar-refractivity contribution in [3.05, 3.63) is 88.2 Å². The van der Waals surface area contributed by atoms with Crippen molar-refractivity contribution < 1.29 is 20.1 Å². The van der Waals surface area contributed by atoms with Crippen molar-refractivity contribution in [2.45, 2.75) is 75.0 Å². The average Bonchev–Trinajstić information content (AvgIpc) is 3.80. The quantitative estimate of drug-likeness (QED) is 0.340. The van der Waals surface area contributed by atoms with Crippen LogP contribution < -0.4 is 35.6 Å². The number of piperidine rings is 1. The monoisotopic (exact) mass is 650 g/mol. The standard InChI is InChI=1S/C38H41FN6O3.H2/c1-3-7-28(40-2)11-12-43-36(47)29-22-45-33-27(17-32(29)46)16-30(39)34(44-15-6-10-26(21-44)31-20-41-13-14-42-31)35(33)48-38-19-25-9-5-4-8-24(25)18-37(38,45)23-38;/h4-5,8-9,13-14,16,18-20,22,26,28,40H,3,6-7,10-12,15,17,21,23H2,1-2H3,(H,43,47);1H. The molecule has 1 aromatic heterocycles. The Balaban J connectivity index is 0.00000378. The summed E-state index contributed by atoms with van der Waals surface area (Å²) >= 11 is 0. The molecule has 0 radical (unpaired) electrons. The molecule has 2 fully saturated rings. The number of benzene rings is 2. The van der Waals surface area contributed by atoms with Gasteiger partial charge in [0.05, 0.1) is 17.0 Å². The fourth-order valence-corrected chi connectivity index (χ4v) is 8.34. The molecule has 3 aliphatic heterocycles. The van der Waals surface area contributed by atoms with Crippen molar-refractivity contribution in [3.8, 4) is 5.75 Å². The van der Waals surface area contributed by atoms with Gasteiger partial charge in [0, 0.05) is 70.7 Å². The minimum atomic E-state index is -0.778. The van der Waals surface area contributed by atoms with Gasteiger partial charge < -0.3 is 25.2 Å². The van der Waals surface area contributed by atoms with Gasteiger partial charge in [-0.25, -0.2) is 4.39 Å². The van der Waals surface area contributed by atoms with E-state index in [0.717, 1.165) is 48.2 Å². The van der Waals surface area contributed by atoms with Gasteiger partial charge in [-0.2, -0.15) is 0 Å². The molecule has 0 bridgehead atoms. The number of carbonyl (C=O) groups is 2. The predicted octanol–water partition coefficient (Wildman–Crippen LogP) is 3.50. The Morgan fingerprint density at radius 3 is 2.79 bits per heavy atom. The zero-order valence-electron chi connectivity index (χ0n) is 27.5. The third kappa shape index (κ3) is 4.91. The predicted molar refractivity (Wildman–Crippen MR) is 185 cm³/mol. The van der Waals surface area contributed by atoms with Gasteiger partial charge in [0.15, 0.2) is 23.0 Å². The summed E-state index contributed by atoms with van der Waals surface area (Å²) in [6.07, 6.45) is 16.3. The number of anilines is 2. The molecule has 1 amide bonds. The zero-order valence-corrected chi connectivity index (χ0v) is 27.5. The van der Waals surface area contributed by atoms with Crippen LogP contribution >= 0.6 is 0 Å². The minimum absolute atomic E-state index is 0. The number of aromatic nitrogens is 2. The highest BCUT2D eigenvalue weighted by Gasteiger charge is 2.74. The summed E-state index contributed by atoms with van der Waals surface area (Å²) < 4.78 is 23.6. The molecular weight excluding hydrogens is 607 g/mol. The van der Waals surface area contributed by atoms with Gasteiger partial charge >= 0.3 is 0 Å². The first-order valence-corrected chi connectivity index (χ1v) is 17.2. The number of ether oxygens (including phenoxy) is 1. The first kappa shape index (κ1) is 30.7. The Labute approximate surface area is 281 Å². The first-order chi connectivity index (χ1) is 23.4. The SMILES string of the molecule is CCCC(CCNC(=O)C1=CN2c3c(cc(F)c(N4CCCC(c5cnccn5)C4)c3OC34C=c5ccccc5=CC23C4)CC1=O)NC.[HH]. The van der Waals surface area contributed by atoms with Gasteiger partial charge in [0.1, 0.15) is 11.2 Å². The maximum absolute atomic E-state index is 16.5. The number of Topliss-reactive ketones (excluding diaryl/α,β-unsaturated/α-hetero) is 1. The number of rotatable bonds is 9. The lowest BCUT2D eigenvalue weighted by Gasteiger charge is -2.43. The number of nitrogens with one attached hydrogen (secondary N) is 2. The van der Waals surface area contributed by atoms with Crippen molar-refractivity contribution in [1.82, 2.24) is 20.6 Å².